The summed E-state index contributed by atoms with van der Waals surface area (Å²) in [7, 11) is 0. The molecule has 0 aromatic heterocycles. The average molecular weight is 265 g/mol. The summed E-state index contributed by atoms with van der Waals surface area (Å²) in [6.45, 7) is 0. The minimum Gasteiger partial charge on any atom is -0.457 e. The van der Waals surface area contributed by atoms with Crippen LogP contribution in [-0.4, -0.2) is 11.3 Å². The molecular weight excluding hydrogens is 256 g/mol. The summed E-state index contributed by atoms with van der Waals surface area (Å²) in [6, 6.07) is 13.2. The zero-order valence-corrected chi connectivity index (χ0v) is 9.92. The fraction of sp³-hybridized carbons (Fsp3) is 0. The molecule has 0 unspecified atom stereocenters. The molecule has 2 aromatic rings. The summed E-state index contributed by atoms with van der Waals surface area (Å²) in [5.41, 5.74) is 0. The van der Waals surface area contributed by atoms with Crippen LogP contribution in [0.1, 0.15) is 0 Å². The van der Waals surface area contributed by atoms with Gasteiger partial charge >= 0.3 is 6.16 Å². The Kier molecular flexibility index (Phi) is 3.69. The second-order valence-corrected chi connectivity index (χ2v) is 3.83. The van der Waals surface area contributed by atoms with E-state index in [1.54, 1.807) is 36.4 Å². The second kappa shape index (κ2) is 5.42. The van der Waals surface area contributed by atoms with Gasteiger partial charge in [0.25, 0.3) is 0 Å². The topological polar surface area (TPSA) is 55.8 Å². The maximum absolute atomic E-state index is 10.3. The standard InChI is InChI=1S/C13H9ClO4/c14-9-1-3-10(4-2-9)17-11-5-7-12(8-6-11)18-13(15)16/h1-8H,(H,15,16). The molecule has 5 heteroatoms. The van der Waals surface area contributed by atoms with Crippen molar-refractivity contribution < 1.29 is 19.4 Å². The quantitative estimate of drug-likeness (QED) is 0.667. The van der Waals surface area contributed by atoms with Crippen molar-refractivity contribution in [3.63, 3.8) is 0 Å². The van der Waals surface area contributed by atoms with Gasteiger partial charge in [-0.15, -0.1) is 0 Å². The highest BCUT2D eigenvalue weighted by Crippen LogP contribution is 2.24. The van der Waals surface area contributed by atoms with Crippen molar-refractivity contribution in [3.8, 4) is 17.2 Å². The molecule has 0 aliphatic heterocycles. The van der Waals surface area contributed by atoms with E-state index < -0.39 is 6.16 Å². The van der Waals surface area contributed by atoms with Gasteiger partial charge in [-0.3, -0.25) is 0 Å². The molecule has 0 aliphatic carbocycles. The Morgan fingerprint density at radius 1 is 0.889 bits per heavy atom. The molecule has 18 heavy (non-hydrogen) atoms. The third-order valence-electron chi connectivity index (χ3n) is 2.08. The lowest BCUT2D eigenvalue weighted by atomic mass is 10.3. The van der Waals surface area contributed by atoms with Crippen molar-refractivity contribution in [1.82, 2.24) is 0 Å². The molecule has 4 nitrogen and oxygen atoms in total. The largest absolute Gasteiger partial charge is 0.511 e. The number of ether oxygens (including phenoxy) is 2. The predicted molar refractivity (Wildman–Crippen MR) is 66.6 cm³/mol. The molecule has 92 valence electrons. The lowest BCUT2D eigenvalue weighted by Gasteiger charge is -2.06. The molecule has 0 spiro atoms. The van der Waals surface area contributed by atoms with Gasteiger partial charge in [0.05, 0.1) is 0 Å². The number of hydrogen-bond donors (Lipinski definition) is 1. The fourth-order valence-corrected chi connectivity index (χ4v) is 1.44. The fourth-order valence-electron chi connectivity index (χ4n) is 1.32. The summed E-state index contributed by atoms with van der Waals surface area (Å²) in [4.78, 5) is 10.3. The van der Waals surface area contributed by atoms with E-state index in [2.05, 4.69) is 4.74 Å². The normalized spacial score (nSPS) is 9.83. The van der Waals surface area contributed by atoms with Gasteiger partial charge in [-0.05, 0) is 48.5 Å². The molecule has 0 bridgehead atoms. The third kappa shape index (κ3) is 3.40. The van der Waals surface area contributed by atoms with Gasteiger partial charge in [-0.2, -0.15) is 0 Å². The van der Waals surface area contributed by atoms with Crippen molar-refractivity contribution in [2.24, 2.45) is 0 Å². The molecule has 2 aromatic carbocycles. The smallest absolute Gasteiger partial charge is 0.457 e. The Hall–Kier alpha value is -2.20. The van der Waals surface area contributed by atoms with Gasteiger partial charge in [0.15, 0.2) is 0 Å². The van der Waals surface area contributed by atoms with Crippen molar-refractivity contribution in [2.45, 2.75) is 0 Å². The molecule has 0 radical (unpaired) electrons. The summed E-state index contributed by atoms with van der Waals surface area (Å²) in [6.07, 6.45) is -1.35. The first kappa shape index (κ1) is 12.3. The van der Waals surface area contributed by atoms with Crippen LogP contribution in [0, 0.1) is 0 Å². The zero-order chi connectivity index (χ0) is 13.0. The first-order valence-electron chi connectivity index (χ1n) is 5.08. The van der Waals surface area contributed by atoms with E-state index in [1.165, 1.54) is 12.1 Å². The SMILES string of the molecule is O=C(O)Oc1ccc(Oc2ccc(Cl)cc2)cc1. The van der Waals surface area contributed by atoms with E-state index in [0.717, 1.165) is 0 Å². The van der Waals surface area contributed by atoms with Crippen molar-refractivity contribution in [3.05, 3.63) is 53.6 Å². The molecule has 2 rings (SSSR count). The second-order valence-electron chi connectivity index (χ2n) is 3.40. The van der Waals surface area contributed by atoms with Gasteiger partial charge in [0, 0.05) is 5.02 Å². The molecule has 0 heterocycles. The van der Waals surface area contributed by atoms with Gasteiger partial charge in [-0.25, -0.2) is 4.79 Å². The maximum Gasteiger partial charge on any atom is 0.511 e. The Balaban J connectivity index is 2.06. The summed E-state index contributed by atoms with van der Waals surface area (Å²) in [5.74, 6) is 1.47. The Labute approximate surface area is 108 Å². The number of rotatable bonds is 3. The first-order valence-corrected chi connectivity index (χ1v) is 5.45. The molecular formula is C13H9ClO4. The zero-order valence-electron chi connectivity index (χ0n) is 9.17. The number of halogens is 1. The van der Waals surface area contributed by atoms with E-state index in [4.69, 9.17) is 21.4 Å². The van der Waals surface area contributed by atoms with Gasteiger partial charge in [0.1, 0.15) is 17.2 Å². The third-order valence-corrected chi connectivity index (χ3v) is 2.33. The monoisotopic (exact) mass is 264 g/mol. The lowest BCUT2D eigenvalue weighted by Crippen LogP contribution is -2.02. The number of carboxylic acid groups (broad SMARTS) is 1. The van der Waals surface area contributed by atoms with E-state index in [9.17, 15) is 4.79 Å². The van der Waals surface area contributed by atoms with Crippen LogP contribution in [0.4, 0.5) is 4.79 Å². The molecule has 0 saturated carbocycles. The number of benzene rings is 2. The molecule has 0 fully saturated rings. The van der Waals surface area contributed by atoms with E-state index in [1.807, 2.05) is 0 Å². The van der Waals surface area contributed by atoms with Crippen molar-refractivity contribution in [1.29, 1.82) is 0 Å². The van der Waals surface area contributed by atoms with Crippen LogP contribution in [0.2, 0.25) is 5.02 Å². The van der Waals surface area contributed by atoms with Crippen molar-refractivity contribution >= 4 is 17.8 Å². The van der Waals surface area contributed by atoms with Crippen LogP contribution < -0.4 is 9.47 Å². The first-order chi connectivity index (χ1) is 8.63. The number of hydrogen-bond acceptors (Lipinski definition) is 3. The highest BCUT2D eigenvalue weighted by molar-refractivity contribution is 6.30. The van der Waals surface area contributed by atoms with Crippen LogP contribution in [0.15, 0.2) is 48.5 Å². The minimum absolute atomic E-state index is 0.242. The van der Waals surface area contributed by atoms with E-state index >= 15 is 0 Å². The molecule has 0 saturated heterocycles. The minimum atomic E-state index is -1.35. The summed E-state index contributed by atoms with van der Waals surface area (Å²) >= 11 is 5.76. The van der Waals surface area contributed by atoms with Crippen LogP contribution in [0.5, 0.6) is 17.2 Å². The predicted octanol–water partition coefficient (Wildman–Crippen LogP) is 4.19. The summed E-state index contributed by atoms with van der Waals surface area (Å²) in [5, 5.41) is 9.06. The van der Waals surface area contributed by atoms with Crippen LogP contribution in [-0.2, 0) is 0 Å². The Bertz CT molecular complexity index is 534. The Morgan fingerprint density at radius 3 is 1.83 bits per heavy atom. The van der Waals surface area contributed by atoms with Gasteiger partial charge in [-0.1, -0.05) is 11.6 Å². The average Bonchev–Trinajstić information content (AvgIpc) is 2.34. The van der Waals surface area contributed by atoms with E-state index in [-0.39, 0.29) is 5.75 Å². The number of carbonyl (C=O) groups is 1. The van der Waals surface area contributed by atoms with Gasteiger partial charge < -0.3 is 14.6 Å². The molecule has 0 atom stereocenters. The summed E-state index contributed by atoms with van der Waals surface area (Å²) < 4.78 is 10.0. The lowest BCUT2D eigenvalue weighted by molar-refractivity contribution is 0.144. The van der Waals surface area contributed by atoms with Crippen LogP contribution >= 0.6 is 11.6 Å². The molecule has 1 N–H and O–H groups in total. The van der Waals surface area contributed by atoms with Gasteiger partial charge in [0.2, 0.25) is 0 Å². The molecule has 0 amide bonds. The van der Waals surface area contributed by atoms with Crippen LogP contribution in [0.25, 0.3) is 0 Å². The Morgan fingerprint density at radius 2 is 1.33 bits per heavy atom. The van der Waals surface area contributed by atoms with E-state index in [0.29, 0.717) is 16.5 Å². The maximum atomic E-state index is 10.3. The molecule has 0 aliphatic rings. The highest BCUT2D eigenvalue weighted by Gasteiger charge is 2.02. The highest BCUT2D eigenvalue weighted by atomic mass is 35.5. The van der Waals surface area contributed by atoms with Crippen LogP contribution in [0.3, 0.4) is 0 Å². The van der Waals surface area contributed by atoms with Crippen molar-refractivity contribution in [2.75, 3.05) is 0 Å².